The van der Waals surface area contributed by atoms with Crippen LogP contribution < -0.4 is 4.30 Å². The molecule has 0 saturated carbocycles. The van der Waals surface area contributed by atoms with Gasteiger partial charge in [-0.15, -0.1) is 0 Å². The van der Waals surface area contributed by atoms with E-state index in [9.17, 15) is 0 Å². The molecule has 2 nitrogen and oxygen atoms in total. The molecule has 3 aromatic rings. The highest BCUT2D eigenvalue weighted by molar-refractivity contribution is 6.68. The van der Waals surface area contributed by atoms with Crippen LogP contribution in [0.1, 0.15) is 58.2 Å². The van der Waals surface area contributed by atoms with Gasteiger partial charge in [-0.1, -0.05) is 105 Å². The first-order valence-electron chi connectivity index (χ1n) is 11.7. The fraction of sp³-hybridized carbons (Fsp3) is 0.345. The molecule has 32 heavy (non-hydrogen) atoms. The van der Waals surface area contributed by atoms with Crippen molar-refractivity contribution in [1.29, 1.82) is 0 Å². The van der Waals surface area contributed by atoms with Crippen molar-refractivity contribution in [3.05, 3.63) is 95.6 Å². The summed E-state index contributed by atoms with van der Waals surface area (Å²) >= 11 is -1.42. The van der Waals surface area contributed by atoms with Crippen molar-refractivity contribution in [2.75, 3.05) is 4.30 Å². The van der Waals surface area contributed by atoms with E-state index in [1.165, 1.54) is 22.4 Å². The van der Waals surface area contributed by atoms with E-state index in [2.05, 4.69) is 94.4 Å². The van der Waals surface area contributed by atoms with E-state index in [-0.39, 0.29) is 8.55 Å². The Labute approximate surface area is 199 Å². The molecule has 3 rings (SSSR count). The summed E-state index contributed by atoms with van der Waals surface area (Å²) in [6.07, 6.45) is 4.11. The van der Waals surface area contributed by atoms with Crippen molar-refractivity contribution >= 4 is 32.0 Å². The van der Waals surface area contributed by atoms with Crippen molar-refractivity contribution in [3.8, 4) is 0 Å². The van der Waals surface area contributed by atoms with Crippen LogP contribution in [0, 0.1) is 0 Å². The Morgan fingerprint density at radius 3 is 2.03 bits per heavy atom. The van der Waals surface area contributed by atoms with Crippen LogP contribution in [0.4, 0.5) is 11.4 Å². The van der Waals surface area contributed by atoms with E-state index in [0.29, 0.717) is 0 Å². The van der Waals surface area contributed by atoms with Crippen LogP contribution in [0.3, 0.4) is 0 Å². The Balaban J connectivity index is 1.90. The minimum absolute atomic E-state index is 0.188. The first-order chi connectivity index (χ1) is 15.2. The van der Waals surface area contributed by atoms with E-state index in [4.69, 9.17) is 4.99 Å². The maximum absolute atomic E-state index is 4.72. The van der Waals surface area contributed by atoms with Crippen LogP contribution >= 0.6 is 0 Å². The predicted octanol–water partition coefficient (Wildman–Crippen LogP) is 8.23. The van der Waals surface area contributed by atoms with Crippen molar-refractivity contribution in [3.63, 3.8) is 0 Å². The summed E-state index contributed by atoms with van der Waals surface area (Å²) < 4.78 is 4.43. The molecule has 0 saturated heterocycles. The van der Waals surface area contributed by atoms with Crippen LogP contribution in [0.25, 0.3) is 0 Å². The fourth-order valence-electron chi connectivity index (χ4n) is 4.91. The quantitative estimate of drug-likeness (QED) is 0.277. The Morgan fingerprint density at radius 1 is 0.812 bits per heavy atom. The minimum Gasteiger partial charge on any atom is -0.476 e. The lowest BCUT2D eigenvalue weighted by Crippen LogP contribution is -2.45. The van der Waals surface area contributed by atoms with Gasteiger partial charge < -0.3 is 4.30 Å². The smallest absolute Gasteiger partial charge is 0.423 e. The maximum Gasteiger partial charge on any atom is 0.423 e. The second-order valence-electron chi connectivity index (χ2n) is 10.4. The average Bonchev–Trinajstić information content (AvgIpc) is 2.76. The molecule has 0 aliphatic rings. The molecule has 1 N–H and O–H groups in total. The molecule has 3 aromatic carbocycles. The van der Waals surface area contributed by atoms with Crippen molar-refractivity contribution in [1.82, 2.24) is 0 Å². The molecular formula is C29H37AlN2. The Kier molecular flexibility index (Phi) is 7.99. The van der Waals surface area contributed by atoms with Gasteiger partial charge in [-0.3, -0.25) is 4.99 Å². The molecule has 3 heteroatoms. The summed E-state index contributed by atoms with van der Waals surface area (Å²) in [4.78, 5) is 4.72. The van der Waals surface area contributed by atoms with E-state index < -0.39 is 14.4 Å². The van der Waals surface area contributed by atoms with E-state index in [1.54, 1.807) is 0 Å². The van der Waals surface area contributed by atoms with Crippen LogP contribution in [-0.2, 0) is 12.8 Å². The zero-order chi connectivity index (χ0) is 23.2. The lowest BCUT2D eigenvalue weighted by atomic mass is 9.92. The zero-order valence-corrected chi connectivity index (χ0v) is 21.7. The molecule has 0 fully saturated rings. The minimum atomic E-state index is -1.42. The second-order valence-corrected chi connectivity index (χ2v) is 14.9. The topological polar surface area (TPSA) is 24.4 Å². The maximum atomic E-state index is 4.72. The molecule has 0 aliphatic heterocycles. The van der Waals surface area contributed by atoms with E-state index in [0.717, 1.165) is 18.5 Å². The second kappa shape index (κ2) is 10.5. The van der Waals surface area contributed by atoms with Crippen LogP contribution in [0.5, 0.6) is 0 Å². The number of rotatable bonds is 8. The molecule has 0 aliphatic carbocycles. The lowest BCUT2D eigenvalue weighted by Gasteiger charge is -2.39. The fourth-order valence-corrected chi connectivity index (χ4v) is 9.03. The van der Waals surface area contributed by atoms with Crippen LogP contribution in [0.2, 0.25) is 8.55 Å². The highest BCUT2D eigenvalue weighted by Crippen LogP contribution is 2.45. The lowest BCUT2D eigenvalue weighted by molar-refractivity contribution is 0.597. The number of aliphatic imine (C=N–C) groups is 1. The Hall–Kier alpha value is -2.34. The summed E-state index contributed by atoms with van der Waals surface area (Å²) in [6.45, 7) is 14.3. The highest BCUT2D eigenvalue weighted by atomic mass is 27.2. The number of para-hydroxylation sites is 2. The van der Waals surface area contributed by atoms with Gasteiger partial charge in [0.2, 0.25) is 0 Å². The Morgan fingerprint density at radius 2 is 1.44 bits per heavy atom. The summed E-state index contributed by atoms with van der Waals surface area (Å²) in [5.41, 5.74) is 6.33. The molecule has 0 radical (unpaired) electrons. The predicted molar refractivity (Wildman–Crippen MR) is 143 cm³/mol. The molecule has 0 atom stereocenters. The monoisotopic (exact) mass is 440 g/mol. The summed E-state index contributed by atoms with van der Waals surface area (Å²) in [5.74, 6) is 0. The SMILES string of the molecule is CCc1c(C=Nc2ccccc2)cccc1C[C](C)(C)[Al]([NH]c1ccccc1)[C](C)(C)C. The third-order valence-electron chi connectivity index (χ3n) is 6.15. The summed E-state index contributed by atoms with van der Waals surface area (Å²) in [6, 6.07) is 27.6. The summed E-state index contributed by atoms with van der Waals surface area (Å²) in [7, 11) is 0. The molecule has 0 unspecified atom stereocenters. The van der Waals surface area contributed by atoms with E-state index >= 15 is 0 Å². The number of hydrogen-bond acceptors (Lipinski definition) is 2. The molecule has 0 amide bonds. The van der Waals surface area contributed by atoms with Gasteiger partial charge in [0.25, 0.3) is 0 Å². The molecule has 0 heterocycles. The van der Waals surface area contributed by atoms with Crippen molar-refractivity contribution in [2.45, 2.75) is 62.9 Å². The molecule has 0 bridgehead atoms. The molecular weight excluding hydrogens is 403 g/mol. The van der Waals surface area contributed by atoms with Gasteiger partial charge in [-0.05, 0) is 53.8 Å². The molecule has 0 spiro atoms. The van der Waals surface area contributed by atoms with Gasteiger partial charge in [0.1, 0.15) is 0 Å². The van der Waals surface area contributed by atoms with Gasteiger partial charge in [0.05, 0.1) is 5.69 Å². The number of nitrogens with zero attached hydrogens (tertiary/aromatic N) is 1. The number of anilines is 1. The third-order valence-corrected chi connectivity index (χ3v) is 10.3. The van der Waals surface area contributed by atoms with Crippen molar-refractivity contribution in [2.24, 2.45) is 4.99 Å². The molecule has 0 aromatic heterocycles. The van der Waals surface area contributed by atoms with Gasteiger partial charge >= 0.3 is 14.4 Å². The molecule has 166 valence electrons. The first kappa shape index (κ1) is 24.3. The van der Waals surface area contributed by atoms with Crippen LogP contribution in [0.15, 0.2) is 83.9 Å². The first-order valence-corrected chi connectivity index (χ1v) is 13.5. The number of hydrogen-bond donors (Lipinski definition) is 1. The largest absolute Gasteiger partial charge is 0.476 e. The standard InChI is InChI=1S/C19H22N.C6H6N.C4H9.Al/c1-4-19-16(13-15(2)3)9-8-10-17(19)14-20-18-11-6-5-7-12-18;7-6-4-2-1-3-5-6;1-4(2)3;/h5-12,14H,4,13H2,1-3H3;1-5,7H;1-3H3;/q;-1;;+1. The zero-order valence-electron chi connectivity index (χ0n) is 20.5. The van der Waals surface area contributed by atoms with E-state index in [1.807, 2.05) is 36.5 Å². The summed E-state index contributed by atoms with van der Waals surface area (Å²) in [5, 5.41) is 0. The highest BCUT2D eigenvalue weighted by Gasteiger charge is 2.46. The third kappa shape index (κ3) is 6.35. The Bertz CT molecular complexity index is 1020. The normalized spacial score (nSPS) is 12.2. The number of benzene rings is 3. The number of nitrogens with one attached hydrogen (secondary N) is 1. The average molecular weight is 441 g/mol. The van der Waals surface area contributed by atoms with Gasteiger partial charge in [-0.25, -0.2) is 0 Å². The van der Waals surface area contributed by atoms with Gasteiger partial charge in [0, 0.05) is 11.9 Å². The van der Waals surface area contributed by atoms with Crippen LogP contribution in [-0.4, -0.2) is 20.6 Å². The van der Waals surface area contributed by atoms with Crippen molar-refractivity contribution < 1.29 is 0 Å². The van der Waals surface area contributed by atoms with Gasteiger partial charge in [-0.2, -0.15) is 0 Å². The van der Waals surface area contributed by atoms with Gasteiger partial charge in [0.15, 0.2) is 0 Å².